The van der Waals surface area contributed by atoms with Crippen molar-refractivity contribution in [2.45, 2.75) is 12.8 Å². The molecule has 0 radical (unpaired) electrons. The lowest BCUT2D eigenvalue weighted by atomic mass is 10.0. The van der Waals surface area contributed by atoms with Gasteiger partial charge in [0.25, 0.3) is 0 Å². The fraction of sp³-hybridized carbons (Fsp3) is 0.300. The predicted octanol–water partition coefficient (Wildman–Crippen LogP) is 2.68. The van der Waals surface area contributed by atoms with Gasteiger partial charge in [-0.15, -0.1) is 0 Å². The lowest BCUT2D eigenvalue weighted by Crippen LogP contribution is -2.23. The molecule has 0 unspecified atom stereocenters. The molecule has 66 valence electrons. The van der Waals surface area contributed by atoms with Crippen LogP contribution in [0.4, 0.5) is 5.69 Å². The van der Waals surface area contributed by atoms with Crippen LogP contribution < -0.4 is 4.90 Å². The van der Waals surface area contributed by atoms with Gasteiger partial charge in [0, 0.05) is 11.0 Å². The van der Waals surface area contributed by atoms with Gasteiger partial charge in [0.2, 0.25) is 0 Å². The first-order valence-corrected chi connectivity index (χ1v) is 5.06. The molecule has 0 N–H and O–H groups in total. The van der Waals surface area contributed by atoms with Gasteiger partial charge in [-0.1, -0.05) is 15.9 Å². The van der Waals surface area contributed by atoms with Crippen molar-refractivity contribution in [1.29, 1.82) is 5.26 Å². The first-order chi connectivity index (χ1) is 6.31. The molecule has 0 atom stereocenters. The van der Waals surface area contributed by atoms with E-state index in [0.717, 1.165) is 29.5 Å². The van der Waals surface area contributed by atoms with Crippen molar-refractivity contribution in [2.75, 3.05) is 11.4 Å². The second-order valence-electron chi connectivity index (χ2n) is 3.13. The number of nitriles is 1. The smallest absolute Gasteiger partial charge is 0.184 e. The molecule has 0 fully saturated rings. The van der Waals surface area contributed by atoms with E-state index in [2.05, 4.69) is 28.2 Å². The third kappa shape index (κ3) is 1.54. The van der Waals surface area contributed by atoms with Gasteiger partial charge < -0.3 is 0 Å². The second kappa shape index (κ2) is 3.39. The van der Waals surface area contributed by atoms with Crippen LogP contribution in [0.25, 0.3) is 0 Å². The third-order valence-corrected chi connectivity index (χ3v) is 2.77. The monoisotopic (exact) mass is 236 g/mol. The van der Waals surface area contributed by atoms with E-state index in [9.17, 15) is 0 Å². The molecule has 1 aromatic rings. The number of halogens is 1. The van der Waals surface area contributed by atoms with Gasteiger partial charge in [0.1, 0.15) is 0 Å². The minimum absolute atomic E-state index is 0.852. The highest BCUT2D eigenvalue weighted by atomic mass is 79.9. The summed E-state index contributed by atoms with van der Waals surface area (Å²) in [5, 5.41) is 8.87. The minimum Gasteiger partial charge on any atom is -0.279 e. The lowest BCUT2D eigenvalue weighted by Gasteiger charge is -2.24. The van der Waals surface area contributed by atoms with E-state index in [1.165, 1.54) is 5.56 Å². The molecule has 0 saturated heterocycles. The van der Waals surface area contributed by atoms with Crippen molar-refractivity contribution in [3.8, 4) is 6.19 Å². The standard InChI is InChI=1S/C10H9BrN2/c11-9-3-4-10-8(6-9)2-1-5-13(10)7-12/h3-4,6H,1-2,5H2. The maximum Gasteiger partial charge on any atom is 0.184 e. The van der Waals surface area contributed by atoms with E-state index in [4.69, 9.17) is 5.26 Å². The molecule has 3 heteroatoms. The van der Waals surface area contributed by atoms with Crippen LogP contribution in [0, 0.1) is 11.5 Å². The Morgan fingerprint density at radius 3 is 3.08 bits per heavy atom. The van der Waals surface area contributed by atoms with Crippen LogP contribution in [-0.2, 0) is 6.42 Å². The van der Waals surface area contributed by atoms with Crippen LogP contribution in [-0.4, -0.2) is 6.54 Å². The average Bonchev–Trinajstić information content (AvgIpc) is 2.16. The van der Waals surface area contributed by atoms with Crippen molar-refractivity contribution in [3.05, 3.63) is 28.2 Å². The number of nitrogens with zero attached hydrogens (tertiary/aromatic N) is 2. The van der Waals surface area contributed by atoms with Gasteiger partial charge in [-0.2, -0.15) is 5.26 Å². The zero-order valence-electron chi connectivity index (χ0n) is 7.13. The van der Waals surface area contributed by atoms with Crippen molar-refractivity contribution in [2.24, 2.45) is 0 Å². The van der Waals surface area contributed by atoms with Crippen LogP contribution in [0.3, 0.4) is 0 Å². The summed E-state index contributed by atoms with van der Waals surface area (Å²) >= 11 is 3.43. The van der Waals surface area contributed by atoms with Crippen LogP contribution in [0.1, 0.15) is 12.0 Å². The Morgan fingerprint density at radius 1 is 1.46 bits per heavy atom. The topological polar surface area (TPSA) is 27.0 Å². The zero-order valence-corrected chi connectivity index (χ0v) is 8.71. The van der Waals surface area contributed by atoms with Crippen molar-refractivity contribution >= 4 is 21.6 Å². The van der Waals surface area contributed by atoms with Crippen molar-refractivity contribution in [1.82, 2.24) is 0 Å². The zero-order chi connectivity index (χ0) is 9.26. The molecule has 1 aliphatic heterocycles. The van der Waals surface area contributed by atoms with Crippen LogP contribution >= 0.6 is 15.9 Å². The Kier molecular flexibility index (Phi) is 2.24. The number of benzene rings is 1. The molecule has 0 saturated carbocycles. The minimum atomic E-state index is 0.852. The molecule has 1 aromatic carbocycles. The van der Waals surface area contributed by atoms with E-state index < -0.39 is 0 Å². The molecule has 1 aliphatic rings. The summed E-state index contributed by atoms with van der Waals surface area (Å²) < 4.78 is 1.09. The second-order valence-corrected chi connectivity index (χ2v) is 4.04. The summed E-state index contributed by atoms with van der Waals surface area (Å²) in [5.41, 5.74) is 2.33. The largest absolute Gasteiger partial charge is 0.279 e. The maximum atomic E-state index is 8.87. The molecule has 0 bridgehead atoms. The van der Waals surface area contributed by atoms with Crippen LogP contribution in [0.5, 0.6) is 0 Å². The van der Waals surface area contributed by atoms with Gasteiger partial charge >= 0.3 is 0 Å². The van der Waals surface area contributed by atoms with Crippen molar-refractivity contribution < 1.29 is 0 Å². The average molecular weight is 237 g/mol. The van der Waals surface area contributed by atoms with E-state index in [1.807, 2.05) is 12.1 Å². The quantitative estimate of drug-likeness (QED) is 0.648. The van der Waals surface area contributed by atoms with E-state index in [-0.39, 0.29) is 0 Å². The molecule has 0 aliphatic carbocycles. The molecule has 0 amide bonds. The molecule has 2 rings (SSSR count). The molecule has 1 heterocycles. The van der Waals surface area contributed by atoms with Gasteiger partial charge in [-0.05, 0) is 36.6 Å². The highest BCUT2D eigenvalue weighted by molar-refractivity contribution is 9.10. The Labute approximate surface area is 85.9 Å². The molecule has 0 aromatic heterocycles. The van der Waals surface area contributed by atoms with Gasteiger partial charge in [-0.25, -0.2) is 0 Å². The molecule has 2 nitrogen and oxygen atoms in total. The number of hydrogen-bond donors (Lipinski definition) is 0. The SMILES string of the molecule is N#CN1CCCc2cc(Br)ccc21. The highest BCUT2D eigenvalue weighted by Gasteiger charge is 2.15. The molecule has 13 heavy (non-hydrogen) atoms. The van der Waals surface area contributed by atoms with Crippen LogP contribution in [0.2, 0.25) is 0 Å². The summed E-state index contributed by atoms with van der Waals surface area (Å²) in [6.45, 7) is 0.852. The first kappa shape index (κ1) is 8.58. The van der Waals surface area contributed by atoms with Crippen molar-refractivity contribution in [3.63, 3.8) is 0 Å². The fourth-order valence-electron chi connectivity index (χ4n) is 1.67. The summed E-state index contributed by atoms with van der Waals surface area (Å²) in [4.78, 5) is 1.76. The first-order valence-electron chi connectivity index (χ1n) is 4.27. The Morgan fingerprint density at radius 2 is 2.31 bits per heavy atom. The van der Waals surface area contributed by atoms with Gasteiger partial charge in [0.15, 0.2) is 6.19 Å². The van der Waals surface area contributed by atoms with E-state index >= 15 is 0 Å². The number of fused-ring (bicyclic) bond motifs is 1. The predicted molar refractivity (Wildman–Crippen MR) is 55.4 cm³/mol. The maximum absolute atomic E-state index is 8.87. The van der Waals surface area contributed by atoms with E-state index in [1.54, 1.807) is 4.90 Å². The lowest BCUT2D eigenvalue weighted by molar-refractivity contribution is 0.767. The summed E-state index contributed by atoms with van der Waals surface area (Å²) in [6.07, 6.45) is 4.34. The normalized spacial score (nSPS) is 14.9. The Bertz CT molecular complexity index is 368. The van der Waals surface area contributed by atoms with Gasteiger partial charge in [-0.3, -0.25) is 4.90 Å². The number of aryl methyl sites for hydroxylation is 1. The summed E-state index contributed by atoms with van der Waals surface area (Å²) in [7, 11) is 0. The van der Waals surface area contributed by atoms with Crippen LogP contribution in [0.15, 0.2) is 22.7 Å². The molecule has 0 spiro atoms. The third-order valence-electron chi connectivity index (χ3n) is 2.28. The highest BCUT2D eigenvalue weighted by Crippen LogP contribution is 2.28. The summed E-state index contributed by atoms with van der Waals surface area (Å²) in [5.74, 6) is 0. The van der Waals surface area contributed by atoms with Gasteiger partial charge in [0.05, 0.1) is 5.69 Å². The summed E-state index contributed by atoms with van der Waals surface area (Å²) in [6, 6.07) is 6.08. The number of anilines is 1. The fourth-order valence-corrected chi connectivity index (χ4v) is 2.08. The van der Waals surface area contributed by atoms with E-state index in [0.29, 0.717) is 0 Å². The number of rotatable bonds is 0. The molecular weight excluding hydrogens is 228 g/mol. The Hall–Kier alpha value is -1.01. The number of hydrogen-bond acceptors (Lipinski definition) is 2. The molecular formula is C10H9BrN2. The Balaban J connectivity index is 2.47.